The summed E-state index contributed by atoms with van der Waals surface area (Å²) in [7, 11) is -1.85. The van der Waals surface area contributed by atoms with Crippen LogP contribution in [0.25, 0.3) is 33.4 Å². The van der Waals surface area contributed by atoms with Crippen LogP contribution in [-0.2, 0) is 9.31 Å². The van der Waals surface area contributed by atoms with Gasteiger partial charge >= 0.3 is 368 Å². The van der Waals surface area contributed by atoms with E-state index in [1.807, 2.05) is 0 Å². The predicted molar refractivity (Wildman–Crippen MR) is 230 cm³/mol. The third kappa shape index (κ3) is 6.79. The summed E-state index contributed by atoms with van der Waals surface area (Å²) < 4.78 is 287. The first-order valence-electron chi connectivity index (χ1n) is 30.9. The van der Waals surface area contributed by atoms with Crippen molar-refractivity contribution in [2.24, 2.45) is 0 Å². The van der Waals surface area contributed by atoms with Gasteiger partial charge in [0.05, 0.1) is 0 Å². The van der Waals surface area contributed by atoms with Crippen molar-refractivity contribution in [2.45, 2.75) is 38.9 Å². The Morgan fingerprint density at radius 2 is 0.792 bits per heavy atom. The topological polar surface area (TPSA) is 18.5 Å². The van der Waals surface area contributed by atoms with Crippen molar-refractivity contribution in [3.63, 3.8) is 0 Å². The number of hydrogen-bond acceptors (Lipinski definition) is 2. The first-order chi connectivity index (χ1) is 38.2. The molecule has 2 nitrogen and oxygen atoms in total. The second-order valence-corrected chi connectivity index (χ2v) is 20.7. The van der Waals surface area contributed by atoms with E-state index in [0.29, 0.717) is 0 Å². The molecular formula is C48H42BBrGeO2. The predicted octanol–water partition coefficient (Wildman–Crippen LogP) is 9.13. The van der Waals surface area contributed by atoms with Crippen LogP contribution >= 0.6 is 15.9 Å². The molecule has 0 atom stereocenters. The molecule has 0 aliphatic carbocycles. The van der Waals surface area contributed by atoms with Gasteiger partial charge < -0.3 is 0 Å². The Kier molecular flexibility index (Phi) is 4.08. The zero-order valence-electron chi connectivity index (χ0n) is 58.3. The molecule has 0 amide bonds. The summed E-state index contributed by atoms with van der Waals surface area (Å²) in [6.45, 7) is 6.29. The molecule has 0 radical (unpaired) electrons. The monoisotopic (exact) mass is 844 g/mol. The summed E-state index contributed by atoms with van der Waals surface area (Å²) in [6.07, 6.45) is 0. The SMILES string of the molecule is [2H]c1c([2H])c([2H])c(-c2c([2H])c([2H])c([2H])[c]([Ge]([c]3c([2H])c(Br)c([2H])c(B4OC(C)(C)C(C)(C)O4)c3[2H])([c]3c([2H])c([2H])c([2H])c(-c4c([2H])c([2H])c([2H])c([2H])c4[2H])c3[2H])[c]3c([2H])c([2H])c([2H])c(-c4c([2H])c([2H])c([2H])c([2H])c4[2H])c3[2H])c2[2H])c([2H])c1[2H]. The summed E-state index contributed by atoms with van der Waals surface area (Å²) in [5, 5.41) is 0. The standard InChI is InChI=1S/C48H42BBrGeO2/c1-47(2)48(3,4)53-49(52-47)41-32-42(50)34-46(33-41)51(43-26-14-23-38(29-43)35-17-8-5-9-18-35,44-27-15-24-39(30-44)36-19-10-6-11-20-36)45-28-16-25-40(31-45)37-21-12-7-13-22-37/h5-34H,1-4H3/i5D,6D,7D,8D,9D,10D,11D,12D,13D,14D,15D,16D,17D,18D,19D,20D,21D,22D,23D,24D,25D,26D,27D,28D,29D,30D,31D,32D,33D,34D. The van der Waals surface area contributed by atoms with Crippen molar-refractivity contribution >= 4 is 59.4 Å². The van der Waals surface area contributed by atoms with E-state index in [9.17, 15) is 20.6 Å². The van der Waals surface area contributed by atoms with E-state index in [4.69, 9.17) is 29.9 Å². The molecule has 8 rings (SSSR count). The van der Waals surface area contributed by atoms with Gasteiger partial charge in [-0.15, -0.1) is 0 Å². The molecule has 7 aromatic carbocycles. The zero-order chi connectivity index (χ0) is 62.7. The van der Waals surface area contributed by atoms with Crippen LogP contribution in [0, 0.1) is 0 Å². The molecule has 260 valence electrons. The number of rotatable bonds is 8. The first kappa shape index (κ1) is 15.0. The van der Waals surface area contributed by atoms with Crippen molar-refractivity contribution in [1.82, 2.24) is 0 Å². The average molecular weight is 844 g/mol. The van der Waals surface area contributed by atoms with Crippen molar-refractivity contribution in [3.05, 3.63) is 186 Å². The molecule has 0 spiro atoms. The van der Waals surface area contributed by atoms with Crippen molar-refractivity contribution < 1.29 is 50.4 Å². The van der Waals surface area contributed by atoms with Crippen molar-refractivity contribution in [1.29, 1.82) is 0 Å². The van der Waals surface area contributed by atoms with Gasteiger partial charge in [0, 0.05) is 0 Å². The third-order valence-electron chi connectivity index (χ3n) is 8.85. The number of halogens is 1. The summed E-state index contributed by atoms with van der Waals surface area (Å²) >= 11 is -4.60. The van der Waals surface area contributed by atoms with Crippen LogP contribution in [0.5, 0.6) is 0 Å². The van der Waals surface area contributed by atoms with Crippen molar-refractivity contribution in [2.75, 3.05) is 0 Å². The van der Waals surface area contributed by atoms with Crippen LogP contribution in [0.1, 0.15) is 68.8 Å². The molecular weight excluding hydrogens is 772 g/mol. The van der Waals surface area contributed by atoms with E-state index >= 15 is 0 Å². The molecule has 1 fully saturated rings. The van der Waals surface area contributed by atoms with Crippen LogP contribution < -0.4 is 23.0 Å². The summed E-state index contributed by atoms with van der Waals surface area (Å²) in [4.78, 5) is 0. The van der Waals surface area contributed by atoms with E-state index in [2.05, 4.69) is 15.9 Å². The quantitative estimate of drug-likeness (QED) is 0.142. The van der Waals surface area contributed by atoms with E-state index in [0.717, 1.165) is 0 Å². The van der Waals surface area contributed by atoms with E-state index < -0.39 is 274 Å². The second-order valence-electron chi connectivity index (χ2n) is 12.6. The van der Waals surface area contributed by atoms with Gasteiger partial charge in [0.25, 0.3) is 0 Å². The fraction of sp³-hybridized carbons (Fsp3) is 0.125. The Bertz CT molecular complexity index is 3670. The molecule has 1 aliphatic heterocycles. The second kappa shape index (κ2) is 14.4. The minimum atomic E-state index is -7.85. The molecule has 1 saturated heterocycles. The van der Waals surface area contributed by atoms with Crippen LogP contribution in [-0.4, -0.2) is 31.6 Å². The summed E-state index contributed by atoms with van der Waals surface area (Å²) in [5.41, 5.74) is -9.61. The number of hydrogen-bond donors (Lipinski definition) is 0. The fourth-order valence-electron chi connectivity index (χ4n) is 5.57. The van der Waals surface area contributed by atoms with Gasteiger partial charge in [-0.3, -0.25) is 0 Å². The normalized spacial score (nSPS) is 22.9. The van der Waals surface area contributed by atoms with Gasteiger partial charge in [-0.25, -0.2) is 0 Å². The molecule has 0 unspecified atom stereocenters. The van der Waals surface area contributed by atoms with E-state index in [1.165, 1.54) is 0 Å². The van der Waals surface area contributed by atoms with Gasteiger partial charge in [-0.2, -0.15) is 0 Å². The maximum atomic E-state index is 10.5. The Balaban J connectivity index is 1.88. The van der Waals surface area contributed by atoms with Crippen LogP contribution in [0.3, 0.4) is 0 Å². The Labute approximate surface area is 367 Å². The first-order valence-corrected chi connectivity index (χ1v) is 20.8. The maximum absolute atomic E-state index is 10.5. The third-order valence-corrected chi connectivity index (χ3v) is 17.6. The molecule has 0 saturated carbocycles. The van der Waals surface area contributed by atoms with Gasteiger partial charge in [-0.1, -0.05) is 0 Å². The molecule has 0 N–H and O–H groups in total. The van der Waals surface area contributed by atoms with Gasteiger partial charge in [0.1, 0.15) is 0 Å². The molecule has 7 aromatic rings. The molecule has 0 bridgehead atoms. The van der Waals surface area contributed by atoms with Gasteiger partial charge in [0.15, 0.2) is 0 Å². The Morgan fingerprint density at radius 3 is 1.17 bits per heavy atom. The molecule has 5 heteroatoms. The van der Waals surface area contributed by atoms with E-state index in [1.54, 1.807) is 27.7 Å². The molecule has 0 aromatic heterocycles. The van der Waals surface area contributed by atoms with Crippen LogP contribution in [0.2, 0.25) is 0 Å². The van der Waals surface area contributed by atoms with Gasteiger partial charge in [0.2, 0.25) is 0 Å². The molecule has 1 aliphatic rings. The summed E-state index contributed by atoms with van der Waals surface area (Å²) in [5.74, 6) is 0. The Hall–Kier alpha value is -4.45. The minimum absolute atomic E-state index is 0.650. The molecule has 1 heterocycles. The average Bonchev–Trinajstić information content (AvgIpc) is 0.919. The van der Waals surface area contributed by atoms with Crippen LogP contribution in [0.15, 0.2) is 186 Å². The van der Waals surface area contributed by atoms with Crippen LogP contribution in [0.4, 0.5) is 0 Å². The van der Waals surface area contributed by atoms with Gasteiger partial charge in [-0.05, 0) is 0 Å². The fourth-order valence-corrected chi connectivity index (χ4v) is 14.4. The number of benzene rings is 7. The zero-order valence-corrected chi connectivity index (χ0v) is 32.0. The Morgan fingerprint density at radius 1 is 0.434 bits per heavy atom. The van der Waals surface area contributed by atoms with Crippen molar-refractivity contribution in [3.8, 4) is 33.4 Å². The van der Waals surface area contributed by atoms with E-state index in [-0.39, 0.29) is 0 Å². The molecule has 53 heavy (non-hydrogen) atoms. The summed E-state index contributed by atoms with van der Waals surface area (Å²) in [6, 6.07) is -35.0.